The van der Waals surface area contributed by atoms with Gasteiger partial charge in [-0.2, -0.15) is 0 Å². The topological polar surface area (TPSA) is 46.5 Å². The third kappa shape index (κ3) is 2.29. The molecule has 1 rings (SSSR count). The van der Waals surface area contributed by atoms with Crippen LogP contribution in [0.2, 0.25) is 0 Å². The first-order valence-corrected chi connectivity index (χ1v) is 5.10. The smallest absolute Gasteiger partial charge is 0.338 e. The van der Waals surface area contributed by atoms with E-state index in [1.54, 1.807) is 13.0 Å². The van der Waals surface area contributed by atoms with Crippen LogP contribution in [0, 0.1) is 6.92 Å². The number of carbonyl (C=O) groups is 1. The van der Waals surface area contributed by atoms with Crippen molar-refractivity contribution >= 4 is 5.97 Å². The van der Waals surface area contributed by atoms with Gasteiger partial charge >= 0.3 is 5.97 Å². The fraction of sp³-hybridized carbons (Fsp3) is 0.417. The lowest BCUT2D eigenvalue weighted by atomic mass is 9.99. The zero-order chi connectivity index (χ0) is 11.4. The van der Waals surface area contributed by atoms with Crippen molar-refractivity contribution in [2.75, 3.05) is 6.61 Å². The normalized spacial score (nSPS) is 10.1. The molecule has 0 aliphatic rings. The van der Waals surface area contributed by atoms with Crippen LogP contribution in [0.5, 0.6) is 5.75 Å². The van der Waals surface area contributed by atoms with Crippen molar-refractivity contribution in [3.63, 3.8) is 0 Å². The van der Waals surface area contributed by atoms with E-state index in [2.05, 4.69) is 0 Å². The summed E-state index contributed by atoms with van der Waals surface area (Å²) in [5, 5.41) is 9.58. The number of ether oxygens (including phenoxy) is 1. The number of phenolic OH excluding ortho intramolecular Hbond substituents is 1. The SMILES string of the molecule is CCOC(=O)c1ccc(O)c(CC)c1C. The maximum absolute atomic E-state index is 11.5. The van der Waals surface area contributed by atoms with Gasteiger partial charge in [-0.05, 0) is 43.5 Å². The number of hydrogen-bond acceptors (Lipinski definition) is 3. The molecule has 0 saturated carbocycles. The quantitative estimate of drug-likeness (QED) is 0.776. The predicted molar refractivity (Wildman–Crippen MR) is 58.2 cm³/mol. The summed E-state index contributed by atoms with van der Waals surface area (Å²) >= 11 is 0. The van der Waals surface area contributed by atoms with Crippen LogP contribution in [0.1, 0.15) is 35.3 Å². The van der Waals surface area contributed by atoms with Crippen LogP contribution in [0.3, 0.4) is 0 Å². The Labute approximate surface area is 89.7 Å². The highest BCUT2D eigenvalue weighted by atomic mass is 16.5. The highest BCUT2D eigenvalue weighted by Gasteiger charge is 2.14. The van der Waals surface area contributed by atoms with Gasteiger partial charge < -0.3 is 9.84 Å². The first-order valence-electron chi connectivity index (χ1n) is 5.10. The fourth-order valence-electron chi connectivity index (χ4n) is 1.62. The molecule has 0 radical (unpaired) electrons. The van der Waals surface area contributed by atoms with Gasteiger partial charge in [0.05, 0.1) is 12.2 Å². The van der Waals surface area contributed by atoms with Crippen molar-refractivity contribution in [2.24, 2.45) is 0 Å². The number of carbonyl (C=O) groups excluding carboxylic acids is 1. The Morgan fingerprint density at radius 1 is 1.40 bits per heavy atom. The van der Waals surface area contributed by atoms with Gasteiger partial charge in [0.25, 0.3) is 0 Å². The molecule has 0 atom stereocenters. The van der Waals surface area contributed by atoms with E-state index in [0.29, 0.717) is 18.6 Å². The number of benzene rings is 1. The molecule has 1 aromatic carbocycles. The Kier molecular flexibility index (Phi) is 3.72. The van der Waals surface area contributed by atoms with Crippen molar-refractivity contribution in [3.05, 3.63) is 28.8 Å². The van der Waals surface area contributed by atoms with Gasteiger partial charge in [-0.25, -0.2) is 4.79 Å². The highest BCUT2D eigenvalue weighted by molar-refractivity contribution is 5.91. The van der Waals surface area contributed by atoms with E-state index < -0.39 is 0 Å². The van der Waals surface area contributed by atoms with E-state index >= 15 is 0 Å². The molecule has 1 N–H and O–H groups in total. The average molecular weight is 208 g/mol. The van der Waals surface area contributed by atoms with Gasteiger partial charge in [0, 0.05) is 0 Å². The summed E-state index contributed by atoms with van der Waals surface area (Å²) in [6, 6.07) is 3.14. The average Bonchev–Trinajstić information content (AvgIpc) is 2.18. The summed E-state index contributed by atoms with van der Waals surface area (Å²) < 4.78 is 4.93. The summed E-state index contributed by atoms with van der Waals surface area (Å²) in [5.41, 5.74) is 2.14. The number of rotatable bonds is 3. The Morgan fingerprint density at radius 3 is 2.60 bits per heavy atom. The molecular weight excluding hydrogens is 192 g/mol. The summed E-state index contributed by atoms with van der Waals surface area (Å²) in [4.78, 5) is 11.5. The van der Waals surface area contributed by atoms with Crippen LogP contribution in [-0.4, -0.2) is 17.7 Å². The molecule has 0 spiro atoms. The van der Waals surface area contributed by atoms with Gasteiger partial charge in [0.2, 0.25) is 0 Å². The Bertz CT molecular complexity index is 369. The molecule has 0 heterocycles. The molecule has 0 aliphatic heterocycles. The monoisotopic (exact) mass is 208 g/mol. The van der Waals surface area contributed by atoms with Crippen LogP contribution in [0.25, 0.3) is 0 Å². The standard InChI is InChI=1S/C12H16O3/c1-4-9-8(3)10(6-7-11(9)13)12(14)15-5-2/h6-7,13H,4-5H2,1-3H3. The van der Waals surface area contributed by atoms with E-state index in [1.807, 2.05) is 13.8 Å². The molecule has 1 aromatic rings. The number of esters is 1. The molecule has 0 unspecified atom stereocenters. The van der Waals surface area contributed by atoms with E-state index in [-0.39, 0.29) is 11.7 Å². The molecule has 0 aromatic heterocycles. The molecule has 15 heavy (non-hydrogen) atoms. The third-order valence-corrected chi connectivity index (χ3v) is 2.42. The van der Waals surface area contributed by atoms with Crippen molar-refractivity contribution in [2.45, 2.75) is 27.2 Å². The predicted octanol–water partition coefficient (Wildman–Crippen LogP) is 2.44. The third-order valence-electron chi connectivity index (χ3n) is 2.42. The zero-order valence-corrected chi connectivity index (χ0v) is 9.33. The maximum atomic E-state index is 11.5. The largest absolute Gasteiger partial charge is 0.508 e. The molecule has 0 saturated heterocycles. The molecule has 0 fully saturated rings. The van der Waals surface area contributed by atoms with Gasteiger partial charge in [-0.15, -0.1) is 0 Å². The van der Waals surface area contributed by atoms with Crippen LogP contribution in [-0.2, 0) is 11.2 Å². The Morgan fingerprint density at radius 2 is 2.07 bits per heavy atom. The second kappa shape index (κ2) is 4.82. The molecule has 0 amide bonds. The Balaban J connectivity index is 3.15. The summed E-state index contributed by atoms with van der Waals surface area (Å²) in [6.45, 7) is 5.90. The van der Waals surface area contributed by atoms with Crippen LogP contribution >= 0.6 is 0 Å². The van der Waals surface area contributed by atoms with Crippen molar-refractivity contribution in [3.8, 4) is 5.75 Å². The van der Waals surface area contributed by atoms with Gasteiger partial charge in [0.1, 0.15) is 5.75 Å². The van der Waals surface area contributed by atoms with Crippen molar-refractivity contribution in [1.29, 1.82) is 0 Å². The number of phenols is 1. The van der Waals surface area contributed by atoms with Crippen molar-refractivity contribution < 1.29 is 14.6 Å². The van der Waals surface area contributed by atoms with Crippen LogP contribution < -0.4 is 0 Å². The highest BCUT2D eigenvalue weighted by Crippen LogP contribution is 2.24. The second-order valence-electron chi connectivity index (χ2n) is 3.31. The summed E-state index contributed by atoms with van der Waals surface area (Å²) in [6.07, 6.45) is 0.699. The zero-order valence-electron chi connectivity index (χ0n) is 9.33. The lowest BCUT2D eigenvalue weighted by molar-refractivity contribution is 0.0525. The number of aromatic hydroxyl groups is 1. The summed E-state index contributed by atoms with van der Waals surface area (Å²) in [7, 11) is 0. The first kappa shape index (κ1) is 11.6. The molecular formula is C12H16O3. The minimum absolute atomic E-state index is 0.239. The minimum atomic E-state index is -0.329. The lowest BCUT2D eigenvalue weighted by Crippen LogP contribution is -2.08. The molecule has 82 valence electrons. The van der Waals surface area contributed by atoms with E-state index in [0.717, 1.165) is 11.1 Å². The molecule has 0 bridgehead atoms. The minimum Gasteiger partial charge on any atom is -0.508 e. The Hall–Kier alpha value is -1.51. The van der Waals surface area contributed by atoms with Gasteiger partial charge in [0.15, 0.2) is 0 Å². The second-order valence-corrected chi connectivity index (χ2v) is 3.31. The van der Waals surface area contributed by atoms with Gasteiger partial charge in [-0.3, -0.25) is 0 Å². The van der Waals surface area contributed by atoms with E-state index in [9.17, 15) is 9.90 Å². The fourth-order valence-corrected chi connectivity index (χ4v) is 1.62. The van der Waals surface area contributed by atoms with Gasteiger partial charge in [-0.1, -0.05) is 6.92 Å². The van der Waals surface area contributed by atoms with Crippen LogP contribution in [0.4, 0.5) is 0 Å². The lowest BCUT2D eigenvalue weighted by Gasteiger charge is -2.10. The van der Waals surface area contributed by atoms with Crippen molar-refractivity contribution in [1.82, 2.24) is 0 Å². The molecule has 3 nitrogen and oxygen atoms in total. The number of hydrogen-bond donors (Lipinski definition) is 1. The summed E-state index contributed by atoms with van der Waals surface area (Å²) in [5.74, 6) is -0.0900. The van der Waals surface area contributed by atoms with E-state index in [4.69, 9.17) is 4.74 Å². The van der Waals surface area contributed by atoms with Crippen LogP contribution in [0.15, 0.2) is 12.1 Å². The molecule has 3 heteroatoms. The van der Waals surface area contributed by atoms with E-state index in [1.165, 1.54) is 6.07 Å². The molecule has 0 aliphatic carbocycles. The first-order chi connectivity index (χ1) is 7.11. The maximum Gasteiger partial charge on any atom is 0.338 e.